The van der Waals surface area contributed by atoms with Crippen molar-refractivity contribution in [2.24, 2.45) is 0 Å². The lowest BCUT2D eigenvalue weighted by Crippen LogP contribution is -2.15. The summed E-state index contributed by atoms with van der Waals surface area (Å²) in [6.07, 6.45) is 6.80. The molecule has 0 saturated heterocycles. The molecule has 1 fully saturated rings. The number of aryl methyl sites for hydroxylation is 1. The van der Waals surface area contributed by atoms with Crippen LogP contribution in [0, 0.1) is 0 Å². The zero-order valence-electron chi connectivity index (χ0n) is 20.1. The predicted molar refractivity (Wildman–Crippen MR) is 140 cm³/mol. The number of rotatable bonds is 8. The molecule has 0 spiro atoms. The molecule has 1 saturated carbocycles. The van der Waals surface area contributed by atoms with Crippen LogP contribution < -0.4 is 5.32 Å². The van der Waals surface area contributed by atoms with Gasteiger partial charge in [-0.15, -0.1) is 20.4 Å². The van der Waals surface area contributed by atoms with Crippen LogP contribution in [0.1, 0.15) is 55.2 Å². The van der Waals surface area contributed by atoms with Gasteiger partial charge in [-0.05, 0) is 43.4 Å². The van der Waals surface area contributed by atoms with E-state index in [1.807, 2.05) is 42.5 Å². The average molecular weight is 500 g/mol. The third-order valence-electron chi connectivity index (χ3n) is 6.72. The Morgan fingerprint density at radius 1 is 0.972 bits per heavy atom. The van der Waals surface area contributed by atoms with Gasteiger partial charge in [-0.3, -0.25) is 4.79 Å². The second-order valence-electron chi connectivity index (χ2n) is 9.51. The van der Waals surface area contributed by atoms with Crippen molar-refractivity contribution >= 4 is 23.4 Å². The summed E-state index contributed by atoms with van der Waals surface area (Å²) in [5, 5.41) is 21.6. The second-order valence-corrected chi connectivity index (χ2v) is 10.4. The van der Waals surface area contributed by atoms with Gasteiger partial charge >= 0.3 is 0 Å². The monoisotopic (exact) mass is 499 g/mol. The molecule has 36 heavy (non-hydrogen) atoms. The van der Waals surface area contributed by atoms with E-state index in [-0.39, 0.29) is 11.7 Å². The molecule has 2 aromatic heterocycles. The molecule has 9 heteroatoms. The van der Waals surface area contributed by atoms with Crippen molar-refractivity contribution in [3.63, 3.8) is 0 Å². The van der Waals surface area contributed by atoms with E-state index in [4.69, 9.17) is 0 Å². The van der Waals surface area contributed by atoms with Gasteiger partial charge in [0.2, 0.25) is 5.91 Å². The van der Waals surface area contributed by atoms with Crippen LogP contribution in [0.3, 0.4) is 0 Å². The molecule has 3 heterocycles. The fourth-order valence-corrected chi connectivity index (χ4v) is 5.47. The number of carbonyl (C=O) groups excluding carboxylic acids is 1. The minimum absolute atomic E-state index is 0.0699. The van der Waals surface area contributed by atoms with Gasteiger partial charge in [0.05, 0.1) is 12.3 Å². The zero-order chi connectivity index (χ0) is 24.3. The van der Waals surface area contributed by atoms with E-state index in [0.29, 0.717) is 12.5 Å². The number of hydrogen-bond donors (Lipinski definition) is 1. The van der Waals surface area contributed by atoms with Crippen LogP contribution in [-0.2, 0) is 24.3 Å². The van der Waals surface area contributed by atoms with Crippen LogP contribution in [0.2, 0.25) is 0 Å². The van der Waals surface area contributed by atoms with Crippen molar-refractivity contribution in [2.75, 3.05) is 11.1 Å². The Balaban J connectivity index is 1.13. The summed E-state index contributed by atoms with van der Waals surface area (Å²) in [5.41, 5.74) is 2.93. The quantitative estimate of drug-likeness (QED) is 0.346. The molecular formula is C27H29N7OS. The molecule has 0 bridgehead atoms. The fraction of sp³-hybridized carbons (Fsp3) is 0.370. The van der Waals surface area contributed by atoms with E-state index in [1.54, 1.807) is 0 Å². The largest absolute Gasteiger partial charge is 0.325 e. The maximum atomic E-state index is 12.9. The third-order valence-corrected chi connectivity index (χ3v) is 7.68. The van der Waals surface area contributed by atoms with Crippen LogP contribution in [0.25, 0.3) is 11.4 Å². The summed E-state index contributed by atoms with van der Waals surface area (Å²) >= 11 is 1.43. The van der Waals surface area contributed by atoms with Crippen molar-refractivity contribution < 1.29 is 4.79 Å². The first-order chi connectivity index (χ1) is 17.7. The summed E-state index contributed by atoms with van der Waals surface area (Å²) < 4.78 is 4.39. The third kappa shape index (κ3) is 5.06. The Bertz CT molecular complexity index is 1360. The molecule has 2 aliphatic rings. The maximum absolute atomic E-state index is 12.9. The molecule has 1 aliphatic heterocycles. The Labute approximate surface area is 214 Å². The van der Waals surface area contributed by atoms with E-state index in [9.17, 15) is 4.79 Å². The number of amides is 1. The highest BCUT2D eigenvalue weighted by Crippen LogP contribution is 2.40. The average Bonchev–Trinajstić information content (AvgIpc) is 3.61. The van der Waals surface area contributed by atoms with Gasteiger partial charge in [-0.2, -0.15) is 0 Å². The Hall–Kier alpha value is -3.46. The number of thioether (sulfide) groups is 1. The lowest BCUT2D eigenvalue weighted by molar-refractivity contribution is -0.113. The predicted octanol–water partition coefficient (Wildman–Crippen LogP) is 4.92. The summed E-state index contributed by atoms with van der Waals surface area (Å²) in [4.78, 5) is 12.9. The minimum Gasteiger partial charge on any atom is -0.325 e. The van der Waals surface area contributed by atoms with Crippen LogP contribution in [0.15, 0.2) is 59.8 Å². The fourth-order valence-electron chi connectivity index (χ4n) is 4.73. The maximum Gasteiger partial charge on any atom is 0.234 e. The van der Waals surface area contributed by atoms with E-state index >= 15 is 0 Å². The van der Waals surface area contributed by atoms with Gasteiger partial charge in [0.25, 0.3) is 0 Å². The first-order valence-electron chi connectivity index (χ1n) is 12.7. The Kier molecular flexibility index (Phi) is 6.55. The highest BCUT2D eigenvalue weighted by atomic mass is 32.2. The Morgan fingerprint density at radius 2 is 1.86 bits per heavy atom. The molecular weight excluding hydrogens is 470 g/mol. The van der Waals surface area contributed by atoms with E-state index < -0.39 is 0 Å². The van der Waals surface area contributed by atoms with Gasteiger partial charge in [-0.25, -0.2) is 0 Å². The standard InChI is InChI=1S/C27H29N7OS/c35-24(18-36-27-32-31-25(20-13-14-20)34(27)17-19-8-3-1-4-9-19)28-22-11-7-10-21(16-22)26-30-29-23-12-5-2-6-15-33(23)26/h1,3-4,7-11,16,20H,2,5-6,12-15,17-18H2,(H,28,35). The molecule has 1 N–H and O–H groups in total. The SMILES string of the molecule is O=C(CSc1nnc(C2CC2)n1Cc1ccccc1)Nc1cccc(-c2nnc3n2CCCCC3)c1. The topological polar surface area (TPSA) is 90.5 Å². The summed E-state index contributed by atoms with van der Waals surface area (Å²) in [5.74, 6) is 3.64. The first kappa shape index (κ1) is 23.0. The first-order valence-corrected chi connectivity index (χ1v) is 13.7. The number of nitrogens with one attached hydrogen (secondary N) is 1. The number of anilines is 1. The van der Waals surface area contributed by atoms with Crippen LogP contribution >= 0.6 is 11.8 Å². The molecule has 184 valence electrons. The van der Waals surface area contributed by atoms with Gasteiger partial charge in [0, 0.05) is 30.1 Å². The van der Waals surface area contributed by atoms with Crippen molar-refractivity contribution in [1.82, 2.24) is 29.5 Å². The highest BCUT2D eigenvalue weighted by Gasteiger charge is 2.30. The van der Waals surface area contributed by atoms with Crippen molar-refractivity contribution in [3.8, 4) is 11.4 Å². The minimum atomic E-state index is -0.0699. The molecule has 4 aromatic rings. The highest BCUT2D eigenvalue weighted by molar-refractivity contribution is 7.99. The van der Waals surface area contributed by atoms with Crippen molar-refractivity contribution in [1.29, 1.82) is 0 Å². The van der Waals surface area contributed by atoms with Gasteiger partial charge in [0.15, 0.2) is 11.0 Å². The lowest BCUT2D eigenvalue weighted by atomic mass is 10.2. The number of aromatic nitrogens is 6. The second kappa shape index (κ2) is 10.3. The number of benzene rings is 2. The molecule has 1 amide bonds. The molecule has 2 aromatic carbocycles. The summed E-state index contributed by atoms with van der Waals surface area (Å²) in [6.45, 7) is 1.66. The summed E-state index contributed by atoms with van der Waals surface area (Å²) in [7, 11) is 0. The van der Waals surface area contributed by atoms with Crippen LogP contribution in [0.4, 0.5) is 5.69 Å². The van der Waals surface area contributed by atoms with Crippen LogP contribution in [-0.4, -0.2) is 41.2 Å². The molecule has 6 rings (SSSR count). The van der Waals surface area contributed by atoms with Crippen molar-refractivity contribution in [3.05, 3.63) is 71.8 Å². The van der Waals surface area contributed by atoms with E-state index in [0.717, 1.165) is 72.5 Å². The zero-order valence-corrected chi connectivity index (χ0v) is 21.0. The Morgan fingerprint density at radius 3 is 2.72 bits per heavy atom. The number of fused-ring (bicyclic) bond motifs is 1. The summed E-state index contributed by atoms with van der Waals surface area (Å²) in [6, 6.07) is 18.2. The molecule has 1 aliphatic carbocycles. The van der Waals surface area contributed by atoms with Gasteiger partial charge < -0.3 is 14.5 Å². The number of hydrogen-bond acceptors (Lipinski definition) is 6. The molecule has 0 atom stereocenters. The smallest absolute Gasteiger partial charge is 0.234 e. The number of carbonyl (C=O) groups is 1. The number of nitrogens with zero attached hydrogens (tertiary/aromatic N) is 6. The van der Waals surface area contributed by atoms with Gasteiger partial charge in [0.1, 0.15) is 11.6 Å². The van der Waals surface area contributed by atoms with Crippen LogP contribution in [0.5, 0.6) is 0 Å². The molecule has 0 radical (unpaired) electrons. The van der Waals surface area contributed by atoms with Gasteiger partial charge in [-0.1, -0.05) is 60.6 Å². The normalized spacial score (nSPS) is 15.3. The van der Waals surface area contributed by atoms with E-state index in [1.165, 1.54) is 23.7 Å². The molecule has 0 unspecified atom stereocenters. The molecule has 8 nitrogen and oxygen atoms in total. The lowest BCUT2D eigenvalue weighted by Gasteiger charge is -2.11. The van der Waals surface area contributed by atoms with Crippen molar-refractivity contribution in [2.45, 2.75) is 62.7 Å². The van der Waals surface area contributed by atoms with E-state index in [2.05, 4.69) is 47.0 Å².